The van der Waals surface area contributed by atoms with Gasteiger partial charge in [0.25, 0.3) is 0 Å². The molecule has 30 heavy (non-hydrogen) atoms. The fourth-order valence-electron chi connectivity index (χ4n) is 3.50. The summed E-state index contributed by atoms with van der Waals surface area (Å²) >= 11 is 6.46. The van der Waals surface area contributed by atoms with Crippen LogP contribution in [0.25, 0.3) is 17.2 Å². The molecule has 8 heteroatoms. The molecular weight excluding hydrogens is 404 g/mol. The molecule has 1 amide bonds. The number of aromatic nitrogens is 2. The van der Waals surface area contributed by atoms with Crippen LogP contribution < -0.4 is 15.8 Å². The van der Waals surface area contributed by atoms with Gasteiger partial charge in [-0.25, -0.2) is 4.98 Å². The number of hydrogen-bond donors (Lipinski definition) is 2. The van der Waals surface area contributed by atoms with E-state index in [4.69, 9.17) is 26.6 Å². The van der Waals surface area contributed by atoms with Crippen molar-refractivity contribution in [1.82, 2.24) is 15.5 Å². The number of anilines is 1. The molecule has 0 saturated heterocycles. The SMILES string of the molecule is Cc1noc(C)c1-c1cc(Cl)c2c(c1)CC(CNC(=O)/C=C/c1ccc(N)nc1)O2. The van der Waals surface area contributed by atoms with Gasteiger partial charge in [-0.3, -0.25) is 4.79 Å². The molecule has 7 nitrogen and oxygen atoms in total. The van der Waals surface area contributed by atoms with E-state index in [0.29, 0.717) is 29.6 Å². The third-order valence-electron chi connectivity index (χ3n) is 4.92. The predicted octanol–water partition coefficient (Wildman–Crippen LogP) is 3.72. The number of amides is 1. The maximum atomic E-state index is 12.1. The number of ether oxygens (including phenoxy) is 1. The highest BCUT2D eigenvalue weighted by Gasteiger charge is 2.27. The quantitative estimate of drug-likeness (QED) is 0.605. The van der Waals surface area contributed by atoms with E-state index in [-0.39, 0.29) is 12.0 Å². The van der Waals surface area contributed by atoms with Crippen LogP contribution in [0, 0.1) is 13.8 Å². The van der Waals surface area contributed by atoms with Gasteiger partial charge in [0.2, 0.25) is 5.91 Å². The molecule has 1 atom stereocenters. The molecule has 0 fully saturated rings. The zero-order valence-corrected chi connectivity index (χ0v) is 17.4. The van der Waals surface area contributed by atoms with Crippen LogP contribution in [0.3, 0.4) is 0 Å². The Kier molecular flexibility index (Phi) is 5.46. The molecule has 0 radical (unpaired) electrons. The van der Waals surface area contributed by atoms with Crippen molar-refractivity contribution in [2.24, 2.45) is 0 Å². The summed E-state index contributed by atoms with van der Waals surface area (Å²) in [6, 6.07) is 7.38. The Bertz CT molecular complexity index is 1100. The minimum atomic E-state index is -0.214. The second kappa shape index (κ2) is 8.20. The van der Waals surface area contributed by atoms with Crippen LogP contribution in [0.4, 0.5) is 5.82 Å². The van der Waals surface area contributed by atoms with E-state index in [0.717, 1.165) is 33.7 Å². The Morgan fingerprint density at radius 1 is 1.37 bits per heavy atom. The summed E-state index contributed by atoms with van der Waals surface area (Å²) < 4.78 is 11.2. The predicted molar refractivity (Wildman–Crippen MR) is 115 cm³/mol. The van der Waals surface area contributed by atoms with Crippen LogP contribution in [0.2, 0.25) is 5.02 Å². The lowest BCUT2D eigenvalue weighted by Crippen LogP contribution is -2.33. The summed E-state index contributed by atoms with van der Waals surface area (Å²) in [6.07, 6.45) is 5.20. The van der Waals surface area contributed by atoms with Crippen molar-refractivity contribution in [3.63, 3.8) is 0 Å². The van der Waals surface area contributed by atoms with Crippen molar-refractivity contribution < 1.29 is 14.1 Å². The van der Waals surface area contributed by atoms with Crippen LogP contribution in [0.15, 0.2) is 41.1 Å². The Hall–Kier alpha value is -3.32. The van der Waals surface area contributed by atoms with Crippen LogP contribution >= 0.6 is 11.6 Å². The van der Waals surface area contributed by atoms with E-state index in [1.807, 2.05) is 26.0 Å². The first-order valence-corrected chi connectivity index (χ1v) is 9.88. The summed E-state index contributed by atoms with van der Waals surface area (Å²) in [7, 11) is 0. The maximum Gasteiger partial charge on any atom is 0.244 e. The lowest BCUT2D eigenvalue weighted by Gasteiger charge is -2.11. The highest BCUT2D eigenvalue weighted by molar-refractivity contribution is 6.32. The number of nitrogens with one attached hydrogen (secondary N) is 1. The number of nitrogens with zero attached hydrogens (tertiary/aromatic N) is 2. The van der Waals surface area contributed by atoms with Gasteiger partial charge in [-0.05, 0) is 55.3 Å². The monoisotopic (exact) mass is 424 g/mol. The van der Waals surface area contributed by atoms with Crippen molar-refractivity contribution in [3.05, 3.63) is 64.1 Å². The van der Waals surface area contributed by atoms with E-state index in [1.165, 1.54) is 6.08 Å². The smallest absolute Gasteiger partial charge is 0.244 e. The van der Waals surface area contributed by atoms with Crippen LogP contribution in [-0.2, 0) is 11.2 Å². The van der Waals surface area contributed by atoms with Crippen LogP contribution in [0.1, 0.15) is 22.6 Å². The Morgan fingerprint density at radius 3 is 2.90 bits per heavy atom. The highest BCUT2D eigenvalue weighted by atomic mass is 35.5. The Labute approximate surface area is 178 Å². The van der Waals surface area contributed by atoms with Crippen molar-refractivity contribution >= 4 is 29.4 Å². The van der Waals surface area contributed by atoms with Crippen molar-refractivity contribution in [3.8, 4) is 16.9 Å². The Morgan fingerprint density at radius 2 is 2.20 bits per heavy atom. The fraction of sp³-hybridized carbons (Fsp3) is 0.227. The topological polar surface area (TPSA) is 103 Å². The maximum absolute atomic E-state index is 12.1. The van der Waals surface area contributed by atoms with E-state index >= 15 is 0 Å². The largest absolute Gasteiger partial charge is 0.486 e. The van der Waals surface area contributed by atoms with Gasteiger partial charge in [-0.2, -0.15) is 0 Å². The molecule has 3 N–H and O–H groups in total. The highest BCUT2D eigenvalue weighted by Crippen LogP contribution is 2.40. The number of rotatable bonds is 5. The number of aryl methyl sites for hydroxylation is 2. The summed E-state index contributed by atoms with van der Waals surface area (Å²) in [6.45, 7) is 4.14. The molecule has 0 spiro atoms. The summed E-state index contributed by atoms with van der Waals surface area (Å²) in [5.41, 5.74) is 10.1. The molecule has 0 bridgehead atoms. The zero-order valence-electron chi connectivity index (χ0n) is 16.6. The number of carbonyl (C=O) groups is 1. The molecule has 0 saturated carbocycles. The van der Waals surface area contributed by atoms with Gasteiger partial charge in [-0.1, -0.05) is 16.8 Å². The van der Waals surface area contributed by atoms with E-state index in [2.05, 4.69) is 15.5 Å². The first-order valence-electron chi connectivity index (χ1n) is 9.50. The molecular formula is C22H21ClN4O3. The number of carbonyl (C=O) groups excluding carboxylic acids is 1. The summed E-state index contributed by atoms with van der Waals surface area (Å²) in [5, 5.41) is 7.40. The second-order valence-corrected chi connectivity index (χ2v) is 7.59. The number of nitrogens with two attached hydrogens (primary N) is 1. The van der Waals surface area contributed by atoms with Gasteiger partial charge < -0.3 is 20.3 Å². The average molecular weight is 425 g/mol. The van der Waals surface area contributed by atoms with Gasteiger partial charge >= 0.3 is 0 Å². The molecule has 154 valence electrons. The molecule has 2 aromatic heterocycles. The second-order valence-electron chi connectivity index (χ2n) is 7.18. The molecule has 3 aromatic rings. The molecule has 3 heterocycles. The molecule has 1 unspecified atom stereocenters. The minimum Gasteiger partial charge on any atom is -0.486 e. The lowest BCUT2D eigenvalue weighted by molar-refractivity contribution is -0.116. The Balaban J connectivity index is 1.39. The number of pyridine rings is 1. The van der Waals surface area contributed by atoms with Gasteiger partial charge in [-0.15, -0.1) is 0 Å². The van der Waals surface area contributed by atoms with Crippen molar-refractivity contribution in [1.29, 1.82) is 0 Å². The number of fused-ring (bicyclic) bond motifs is 1. The van der Waals surface area contributed by atoms with Crippen molar-refractivity contribution in [2.75, 3.05) is 12.3 Å². The van der Waals surface area contributed by atoms with Gasteiger partial charge in [0.1, 0.15) is 23.4 Å². The normalized spacial score (nSPS) is 15.2. The summed E-state index contributed by atoms with van der Waals surface area (Å²) in [5.74, 6) is 1.63. The van der Waals surface area contributed by atoms with Crippen LogP contribution in [0.5, 0.6) is 5.75 Å². The minimum absolute atomic E-state index is 0.187. The van der Waals surface area contributed by atoms with Gasteiger partial charge in [0.15, 0.2) is 0 Å². The first-order chi connectivity index (χ1) is 14.4. The fourth-order valence-corrected chi connectivity index (χ4v) is 3.78. The number of nitrogen functional groups attached to an aromatic ring is 1. The van der Waals surface area contributed by atoms with E-state index in [1.54, 1.807) is 24.4 Å². The van der Waals surface area contributed by atoms with E-state index in [9.17, 15) is 4.79 Å². The average Bonchev–Trinajstić information content (AvgIpc) is 3.28. The number of benzene rings is 1. The van der Waals surface area contributed by atoms with Crippen molar-refractivity contribution in [2.45, 2.75) is 26.4 Å². The lowest BCUT2D eigenvalue weighted by atomic mass is 10.00. The summed E-state index contributed by atoms with van der Waals surface area (Å²) in [4.78, 5) is 16.1. The standard InChI is InChI=1S/C22H21ClN4O3/c1-12-21(13(2)30-27-12)15-7-16-8-17(29-22(16)18(23)9-15)11-26-20(28)6-4-14-3-5-19(24)25-10-14/h3-7,9-10,17H,8,11H2,1-2H3,(H2,24,25)(H,26,28)/b6-4+. The molecule has 0 aliphatic carbocycles. The number of halogens is 1. The molecule has 1 aliphatic heterocycles. The van der Waals surface area contributed by atoms with Gasteiger partial charge in [0.05, 0.1) is 17.3 Å². The van der Waals surface area contributed by atoms with Crippen LogP contribution in [-0.4, -0.2) is 28.7 Å². The third kappa shape index (κ3) is 4.16. The molecule has 1 aliphatic rings. The molecule has 4 rings (SSSR count). The first kappa shape index (κ1) is 20.0. The van der Waals surface area contributed by atoms with E-state index < -0.39 is 0 Å². The van der Waals surface area contributed by atoms with Gasteiger partial charge in [0, 0.05) is 29.8 Å². The molecule has 1 aromatic carbocycles. The zero-order chi connectivity index (χ0) is 21.3. The third-order valence-corrected chi connectivity index (χ3v) is 5.20. The number of hydrogen-bond acceptors (Lipinski definition) is 6.